The summed E-state index contributed by atoms with van der Waals surface area (Å²) in [4.78, 5) is 29.5. The number of anilines is 1. The zero-order valence-electron chi connectivity index (χ0n) is 13.1. The molecular formula is C14H14N6O4S. The Kier molecular flexibility index (Phi) is 3.29. The maximum atomic E-state index is 12.7. The van der Waals surface area contributed by atoms with Gasteiger partial charge in [0.05, 0.1) is 5.69 Å². The van der Waals surface area contributed by atoms with Gasteiger partial charge < -0.3 is 10.2 Å². The van der Waals surface area contributed by atoms with E-state index >= 15 is 0 Å². The smallest absolute Gasteiger partial charge is 0.266 e. The number of nitrogens with one attached hydrogen (secondary N) is 2. The summed E-state index contributed by atoms with van der Waals surface area (Å²) in [5.41, 5.74) is 0.485. The van der Waals surface area contributed by atoms with E-state index in [1.54, 1.807) is 0 Å². The Balaban J connectivity index is 1.74. The number of hydrogen-bond donors (Lipinski definition) is 2. The second kappa shape index (κ2) is 5.28. The Hall–Kier alpha value is -2.95. The van der Waals surface area contributed by atoms with Crippen LogP contribution in [-0.4, -0.2) is 59.5 Å². The largest absolute Gasteiger partial charge is 0.354 e. The van der Waals surface area contributed by atoms with Crippen molar-refractivity contribution in [2.75, 3.05) is 18.3 Å². The van der Waals surface area contributed by atoms with Gasteiger partial charge in [-0.2, -0.15) is 14.8 Å². The van der Waals surface area contributed by atoms with E-state index in [4.69, 9.17) is 0 Å². The highest BCUT2D eigenvalue weighted by molar-refractivity contribution is 7.93. The lowest BCUT2D eigenvalue weighted by Crippen LogP contribution is -2.41. The fourth-order valence-electron chi connectivity index (χ4n) is 3.00. The van der Waals surface area contributed by atoms with Crippen LogP contribution in [0, 0.1) is 0 Å². The van der Waals surface area contributed by atoms with Crippen molar-refractivity contribution in [2.45, 2.75) is 17.4 Å². The second-order valence-corrected chi connectivity index (χ2v) is 7.45. The number of benzene rings is 1. The first-order valence-corrected chi connectivity index (χ1v) is 8.99. The first-order valence-electron chi connectivity index (χ1n) is 7.50. The molecule has 2 N–H and O–H groups in total. The molecule has 1 aromatic heterocycles. The van der Waals surface area contributed by atoms with Crippen LogP contribution in [0.2, 0.25) is 0 Å². The number of carbonyl (C=O) groups is 2. The first-order chi connectivity index (χ1) is 11.9. The maximum absolute atomic E-state index is 12.7. The highest BCUT2D eigenvalue weighted by Crippen LogP contribution is 2.30. The molecule has 0 bridgehead atoms. The van der Waals surface area contributed by atoms with Crippen LogP contribution in [0.15, 0.2) is 29.4 Å². The van der Waals surface area contributed by atoms with Gasteiger partial charge in [0, 0.05) is 19.2 Å². The number of sulfonamides is 1. The van der Waals surface area contributed by atoms with Gasteiger partial charge in [0.2, 0.25) is 11.9 Å². The SMILES string of the molecule is CN(C(=O)c1ccc2c(c1)S(=O)(=O)Nc1ncnn1-2)C1CCNC1=O. The molecular weight excluding hydrogens is 348 g/mol. The Bertz CT molecular complexity index is 999. The second-order valence-electron chi connectivity index (χ2n) is 5.80. The minimum absolute atomic E-state index is 0.0689. The van der Waals surface area contributed by atoms with Gasteiger partial charge in [-0.1, -0.05) is 0 Å². The fraction of sp³-hybridized carbons (Fsp3) is 0.286. The molecule has 130 valence electrons. The quantitative estimate of drug-likeness (QED) is 0.730. The average Bonchev–Trinajstić information content (AvgIpc) is 3.21. The van der Waals surface area contributed by atoms with E-state index in [-0.39, 0.29) is 22.3 Å². The molecule has 4 rings (SSSR count). The molecule has 0 saturated carbocycles. The third-order valence-electron chi connectivity index (χ3n) is 4.31. The third kappa shape index (κ3) is 2.35. The zero-order valence-corrected chi connectivity index (χ0v) is 13.9. The van der Waals surface area contributed by atoms with E-state index in [1.807, 2.05) is 0 Å². The number of rotatable bonds is 2. The van der Waals surface area contributed by atoms with E-state index in [2.05, 4.69) is 20.1 Å². The van der Waals surface area contributed by atoms with E-state index in [0.717, 1.165) is 0 Å². The Labute approximate surface area is 142 Å². The van der Waals surface area contributed by atoms with E-state index in [9.17, 15) is 18.0 Å². The van der Waals surface area contributed by atoms with Crippen LogP contribution in [0.25, 0.3) is 5.69 Å². The molecule has 1 atom stereocenters. The van der Waals surface area contributed by atoms with Crippen molar-refractivity contribution in [3.8, 4) is 5.69 Å². The number of likely N-dealkylation sites (N-methyl/N-ethyl adjacent to an activating group) is 1. The number of amides is 2. The van der Waals surface area contributed by atoms with E-state index in [0.29, 0.717) is 18.7 Å². The standard InChI is InChI=1S/C14H14N6O4S/c1-19(10-4-5-15-12(10)21)13(22)8-2-3-9-11(6-8)25(23,24)18-14-16-7-17-20(9)14/h2-3,6-7,10H,4-5H2,1H3,(H,15,21)(H,16,17,18). The van der Waals surface area contributed by atoms with Gasteiger partial charge in [0.25, 0.3) is 15.9 Å². The molecule has 2 aromatic rings. The number of hydrogen-bond acceptors (Lipinski definition) is 6. The van der Waals surface area contributed by atoms with Crippen LogP contribution in [0.4, 0.5) is 5.95 Å². The summed E-state index contributed by atoms with van der Waals surface area (Å²) in [6.45, 7) is 0.513. The summed E-state index contributed by atoms with van der Waals surface area (Å²) >= 11 is 0. The Morgan fingerprint density at radius 3 is 2.92 bits per heavy atom. The van der Waals surface area contributed by atoms with Crippen molar-refractivity contribution in [3.05, 3.63) is 30.1 Å². The monoisotopic (exact) mass is 362 g/mol. The number of aromatic nitrogens is 3. The molecule has 1 saturated heterocycles. The molecule has 11 heteroatoms. The van der Waals surface area contributed by atoms with Crippen molar-refractivity contribution in [3.63, 3.8) is 0 Å². The lowest BCUT2D eigenvalue weighted by Gasteiger charge is -2.23. The van der Waals surface area contributed by atoms with Crippen molar-refractivity contribution >= 4 is 27.8 Å². The van der Waals surface area contributed by atoms with Crippen molar-refractivity contribution < 1.29 is 18.0 Å². The predicted octanol–water partition coefficient (Wildman–Crippen LogP) is -0.658. The van der Waals surface area contributed by atoms with Gasteiger partial charge >= 0.3 is 0 Å². The van der Waals surface area contributed by atoms with Crippen molar-refractivity contribution in [2.24, 2.45) is 0 Å². The van der Waals surface area contributed by atoms with Gasteiger partial charge in [-0.05, 0) is 24.6 Å². The summed E-state index contributed by atoms with van der Waals surface area (Å²) < 4.78 is 28.5. The Morgan fingerprint density at radius 1 is 1.40 bits per heavy atom. The maximum Gasteiger partial charge on any atom is 0.266 e. The molecule has 25 heavy (non-hydrogen) atoms. The fourth-order valence-corrected chi connectivity index (χ4v) is 4.20. The molecule has 3 heterocycles. The van der Waals surface area contributed by atoms with E-state index < -0.39 is 22.0 Å². The molecule has 0 aliphatic carbocycles. The average molecular weight is 362 g/mol. The summed E-state index contributed by atoms with van der Waals surface area (Å²) in [7, 11) is -2.33. The van der Waals surface area contributed by atoms with Gasteiger partial charge in [-0.3, -0.25) is 9.59 Å². The molecule has 10 nitrogen and oxygen atoms in total. The highest BCUT2D eigenvalue weighted by atomic mass is 32.2. The lowest BCUT2D eigenvalue weighted by atomic mass is 10.1. The van der Waals surface area contributed by atoms with Crippen LogP contribution >= 0.6 is 0 Å². The lowest BCUT2D eigenvalue weighted by molar-refractivity contribution is -0.122. The molecule has 1 aromatic carbocycles. The molecule has 2 aliphatic heterocycles. The number of nitrogens with zero attached hydrogens (tertiary/aromatic N) is 4. The van der Waals surface area contributed by atoms with Crippen LogP contribution in [0.3, 0.4) is 0 Å². The number of fused-ring (bicyclic) bond motifs is 3. The van der Waals surface area contributed by atoms with Crippen LogP contribution in [0.1, 0.15) is 16.8 Å². The van der Waals surface area contributed by atoms with Crippen molar-refractivity contribution in [1.29, 1.82) is 0 Å². The van der Waals surface area contributed by atoms with Gasteiger partial charge in [0.1, 0.15) is 17.3 Å². The molecule has 0 spiro atoms. The molecule has 1 unspecified atom stereocenters. The first kappa shape index (κ1) is 15.6. The van der Waals surface area contributed by atoms with Crippen LogP contribution in [-0.2, 0) is 14.8 Å². The van der Waals surface area contributed by atoms with Gasteiger partial charge in [-0.25, -0.2) is 13.1 Å². The summed E-state index contributed by atoms with van der Waals surface area (Å²) in [5, 5.41) is 6.65. The van der Waals surface area contributed by atoms with Crippen LogP contribution < -0.4 is 10.0 Å². The molecule has 1 fully saturated rings. The topological polar surface area (TPSA) is 126 Å². The minimum atomic E-state index is -3.86. The normalized spacial score (nSPS) is 20.2. The Morgan fingerprint density at radius 2 is 2.20 bits per heavy atom. The van der Waals surface area contributed by atoms with Gasteiger partial charge in [-0.15, -0.1) is 0 Å². The summed E-state index contributed by atoms with van der Waals surface area (Å²) in [6, 6.07) is 3.74. The molecule has 2 aliphatic rings. The zero-order chi connectivity index (χ0) is 17.8. The highest BCUT2D eigenvalue weighted by Gasteiger charge is 2.33. The van der Waals surface area contributed by atoms with Crippen molar-refractivity contribution in [1.82, 2.24) is 25.0 Å². The summed E-state index contributed by atoms with van der Waals surface area (Å²) in [5.74, 6) is -0.550. The molecule has 2 amide bonds. The van der Waals surface area contributed by atoms with E-state index in [1.165, 1.54) is 41.2 Å². The predicted molar refractivity (Wildman–Crippen MR) is 85.7 cm³/mol. The van der Waals surface area contributed by atoms with Gasteiger partial charge in [0.15, 0.2) is 0 Å². The summed E-state index contributed by atoms with van der Waals surface area (Å²) in [6.07, 6.45) is 1.76. The molecule has 0 radical (unpaired) electrons. The third-order valence-corrected chi connectivity index (χ3v) is 5.66. The van der Waals surface area contributed by atoms with Crippen LogP contribution in [0.5, 0.6) is 0 Å². The number of carbonyl (C=O) groups excluding carboxylic acids is 2. The minimum Gasteiger partial charge on any atom is -0.354 e.